The summed E-state index contributed by atoms with van der Waals surface area (Å²) in [4.78, 5) is 20.7. The number of aromatic nitrogens is 3. The van der Waals surface area contributed by atoms with Crippen molar-refractivity contribution in [3.05, 3.63) is 54.7 Å². The number of hydrogen-bond acceptors (Lipinski definition) is 7. The lowest BCUT2D eigenvalue weighted by atomic mass is 10.0. The molecule has 3 rings (SSSR count). The Balaban J connectivity index is 1.71. The summed E-state index contributed by atoms with van der Waals surface area (Å²) < 4.78 is 27.9. The van der Waals surface area contributed by atoms with E-state index in [2.05, 4.69) is 25.8 Å². The number of sulfonamides is 1. The highest BCUT2D eigenvalue weighted by Gasteiger charge is 2.25. The smallest absolute Gasteiger partial charge is 0.319 e. The van der Waals surface area contributed by atoms with Crippen molar-refractivity contribution < 1.29 is 17.7 Å². The lowest BCUT2D eigenvalue weighted by Crippen LogP contribution is -2.35. The van der Waals surface area contributed by atoms with E-state index in [1.165, 1.54) is 24.3 Å². The SMILES string of the molecule is CC(C)C(NC(=O)Nc1ccc(S(N)(=O)=O)cc1)c1nc(-c2ccncc2)no1. The third-order valence-corrected chi connectivity index (χ3v) is 4.97. The van der Waals surface area contributed by atoms with E-state index in [-0.39, 0.29) is 16.7 Å². The fraction of sp³-hybridized carbons (Fsp3) is 0.222. The molecule has 3 aromatic rings. The molecular formula is C18H20N6O4S. The fourth-order valence-electron chi connectivity index (χ4n) is 2.53. The van der Waals surface area contributed by atoms with E-state index in [1.54, 1.807) is 24.5 Å². The van der Waals surface area contributed by atoms with E-state index in [0.29, 0.717) is 11.5 Å². The van der Waals surface area contributed by atoms with Gasteiger partial charge in [0, 0.05) is 23.6 Å². The minimum Gasteiger partial charge on any atom is -0.337 e. The maximum absolute atomic E-state index is 12.4. The quantitative estimate of drug-likeness (QED) is 0.557. The number of nitrogens with zero attached hydrogens (tertiary/aromatic N) is 3. The first-order valence-electron chi connectivity index (χ1n) is 8.68. The molecule has 4 N–H and O–H groups in total. The summed E-state index contributed by atoms with van der Waals surface area (Å²) in [5, 5.41) is 14.4. The number of nitrogens with two attached hydrogens (primary N) is 1. The van der Waals surface area contributed by atoms with Crippen LogP contribution in [-0.2, 0) is 10.0 Å². The summed E-state index contributed by atoms with van der Waals surface area (Å²) in [6, 6.07) is 7.98. The molecule has 2 aromatic heterocycles. The Labute approximate surface area is 167 Å². The van der Waals surface area contributed by atoms with Crippen LogP contribution in [0.25, 0.3) is 11.4 Å². The Morgan fingerprint density at radius 3 is 2.34 bits per heavy atom. The Hall–Kier alpha value is -3.31. The lowest BCUT2D eigenvalue weighted by molar-refractivity contribution is 0.236. The predicted molar refractivity (Wildman–Crippen MR) is 105 cm³/mol. The number of nitrogens with one attached hydrogen (secondary N) is 2. The van der Waals surface area contributed by atoms with E-state index in [1.807, 2.05) is 13.8 Å². The molecule has 10 nitrogen and oxygen atoms in total. The van der Waals surface area contributed by atoms with E-state index in [4.69, 9.17) is 9.66 Å². The molecule has 0 aliphatic rings. The van der Waals surface area contributed by atoms with Crippen LogP contribution in [0.5, 0.6) is 0 Å². The van der Waals surface area contributed by atoms with Gasteiger partial charge >= 0.3 is 6.03 Å². The molecule has 0 saturated carbocycles. The molecule has 29 heavy (non-hydrogen) atoms. The fourth-order valence-corrected chi connectivity index (χ4v) is 3.05. The monoisotopic (exact) mass is 416 g/mol. The van der Waals surface area contributed by atoms with Crippen molar-refractivity contribution in [3.63, 3.8) is 0 Å². The normalized spacial score (nSPS) is 12.6. The Kier molecular flexibility index (Phi) is 5.89. The van der Waals surface area contributed by atoms with Gasteiger partial charge in [0.15, 0.2) is 0 Å². The van der Waals surface area contributed by atoms with Crippen LogP contribution in [0, 0.1) is 5.92 Å². The molecule has 1 unspecified atom stereocenters. The highest BCUT2D eigenvalue weighted by Crippen LogP contribution is 2.23. The molecule has 0 aliphatic heterocycles. The molecule has 0 saturated heterocycles. The molecule has 152 valence electrons. The van der Waals surface area contributed by atoms with E-state index in [9.17, 15) is 13.2 Å². The van der Waals surface area contributed by atoms with Gasteiger partial charge in [0.05, 0.1) is 4.90 Å². The summed E-state index contributed by atoms with van der Waals surface area (Å²) in [6.45, 7) is 3.81. The number of carbonyl (C=O) groups excluding carboxylic acids is 1. The van der Waals surface area contributed by atoms with E-state index in [0.717, 1.165) is 5.56 Å². The van der Waals surface area contributed by atoms with Gasteiger partial charge in [-0.05, 0) is 42.3 Å². The van der Waals surface area contributed by atoms with Crippen molar-refractivity contribution in [3.8, 4) is 11.4 Å². The number of amides is 2. The van der Waals surface area contributed by atoms with Crippen molar-refractivity contribution in [1.29, 1.82) is 0 Å². The molecule has 1 aromatic carbocycles. The number of rotatable bonds is 6. The Morgan fingerprint density at radius 1 is 1.10 bits per heavy atom. The number of urea groups is 1. The number of hydrogen-bond donors (Lipinski definition) is 3. The summed E-state index contributed by atoms with van der Waals surface area (Å²) in [5.74, 6) is 0.636. The van der Waals surface area contributed by atoms with Crippen LogP contribution < -0.4 is 15.8 Å². The third-order valence-electron chi connectivity index (χ3n) is 4.04. The number of primary sulfonamides is 1. The average Bonchev–Trinajstić information content (AvgIpc) is 3.16. The lowest BCUT2D eigenvalue weighted by Gasteiger charge is -2.19. The molecule has 11 heteroatoms. The molecule has 2 heterocycles. The topological polar surface area (TPSA) is 153 Å². The highest BCUT2D eigenvalue weighted by atomic mass is 32.2. The van der Waals surface area contributed by atoms with Gasteiger partial charge in [0.2, 0.25) is 21.7 Å². The van der Waals surface area contributed by atoms with Crippen LogP contribution in [0.1, 0.15) is 25.8 Å². The van der Waals surface area contributed by atoms with Crippen LogP contribution in [0.4, 0.5) is 10.5 Å². The largest absolute Gasteiger partial charge is 0.337 e. The zero-order chi connectivity index (χ0) is 21.0. The van der Waals surface area contributed by atoms with Gasteiger partial charge in [0.1, 0.15) is 6.04 Å². The number of pyridine rings is 1. The maximum Gasteiger partial charge on any atom is 0.319 e. The number of anilines is 1. The second-order valence-corrected chi connectivity index (χ2v) is 8.14. The van der Waals surface area contributed by atoms with Crippen LogP contribution >= 0.6 is 0 Å². The van der Waals surface area contributed by atoms with Gasteiger partial charge in [-0.25, -0.2) is 18.4 Å². The van der Waals surface area contributed by atoms with Crippen molar-refractivity contribution in [2.24, 2.45) is 11.1 Å². The predicted octanol–water partition coefficient (Wildman–Crippen LogP) is 2.30. The Bertz CT molecular complexity index is 1080. The van der Waals surface area contributed by atoms with E-state index < -0.39 is 22.1 Å². The van der Waals surface area contributed by atoms with Crippen molar-refractivity contribution in [2.75, 3.05) is 5.32 Å². The minimum atomic E-state index is -3.79. The van der Waals surface area contributed by atoms with Crippen LogP contribution in [0.15, 0.2) is 58.2 Å². The molecule has 0 radical (unpaired) electrons. The first-order valence-corrected chi connectivity index (χ1v) is 10.2. The molecule has 0 bridgehead atoms. The van der Waals surface area contributed by atoms with Crippen molar-refractivity contribution in [2.45, 2.75) is 24.8 Å². The molecule has 0 spiro atoms. The van der Waals surface area contributed by atoms with Crippen molar-refractivity contribution >= 4 is 21.7 Å². The number of benzene rings is 1. The van der Waals surface area contributed by atoms with Crippen molar-refractivity contribution in [1.82, 2.24) is 20.4 Å². The Morgan fingerprint density at radius 2 is 1.76 bits per heavy atom. The number of carbonyl (C=O) groups is 1. The van der Waals surface area contributed by atoms with Crippen LogP contribution in [-0.4, -0.2) is 29.6 Å². The zero-order valence-corrected chi connectivity index (χ0v) is 16.6. The van der Waals surface area contributed by atoms with Gasteiger partial charge in [0.25, 0.3) is 0 Å². The summed E-state index contributed by atoms with van der Waals surface area (Å²) >= 11 is 0. The van der Waals surface area contributed by atoms with Gasteiger partial charge in [-0.1, -0.05) is 19.0 Å². The molecule has 0 aliphatic carbocycles. The second-order valence-electron chi connectivity index (χ2n) is 6.58. The van der Waals surface area contributed by atoms with Crippen LogP contribution in [0.2, 0.25) is 0 Å². The van der Waals surface area contributed by atoms with Gasteiger partial charge in [-0.3, -0.25) is 4.98 Å². The molecule has 2 amide bonds. The zero-order valence-electron chi connectivity index (χ0n) is 15.7. The van der Waals surface area contributed by atoms with E-state index >= 15 is 0 Å². The average molecular weight is 416 g/mol. The minimum absolute atomic E-state index is 0.0313. The first-order chi connectivity index (χ1) is 13.7. The summed E-state index contributed by atoms with van der Waals surface area (Å²) in [7, 11) is -3.79. The van der Waals surface area contributed by atoms with Gasteiger partial charge in [-0.15, -0.1) is 0 Å². The molecule has 1 atom stereocenters. The van der Waals surface area contributed by atoms with Gasteiger partial charge < -0.3 is 15.2 Å². The standard InChI is InChI=1S/C18H20N6O4S/c1-11(2)15(17-23-16(24-28-17)12-7-9-20-10-8-12)22-18(25)21-13-3-5-14(6-4-13)29(19,26)27/h3-11,15H,1-2H3,(H2,19,26,27)(H2,21,22,25). The molecule has 0 fully saturated rings. The van der Waals surface area contributed by atoms with Crippen LogP contribution in [0.3, 0.4) is 0 Å². The maximum atomic E-state index is 12.4. The summed E-state index contributed by atoms with van der Waals surface area (Å²) in [5.41, 5.74) is 1.15. The third kappa shape index (κ3) is 5.15. The first kappa shape index (κ1) is 20.4. The van der Waals surface area contributed by atoms with Gasteiger partial charge in [-0.2, -0.15) is 4.98 Å². The highest BCUT2D eigenvalue weighted by molar-refractivity contribution is 7.89. The summed E-state index contributed by atoms with van der Waals surface area (Å²) in [6.07, 6.45) is 3.25. The second kappa shape index (κ2) is 8.37. The molecular weight excluding hydrogens is 396 g/mol.